The lowest BCUT2D eigenvalue weighted by Gasteiger charge is -2.12. The molecule has 0 amide bonds. The van der Waals surface area contributed by atoms with Crippen LogP contribution in [0, 0.1) is 10.1 Å². The molecule has 0 bridgehead atoms. The van der Waals surface area contributed by atoms with Crippen LogP contribution in [-0.4, -0.2) is 36.4 Å². The van der Waals surface area contributed by atoms with E-state index in [2.05, 4.69) is 15.2 Å². The lowest BCUT2D eigenvalue weighted by molar-refractivity contribution is -0.385. The molecule has 0 aliphatic heterocycles. The normalized spacial score (nSPS) is 11.4. The van der Waals surface area contributed by atoms with E-state index in [0.717, 1.165) is 16.6 Å². The molecule has 5 aromatic rings. The summed E-state index contributed by atoms with van der Waals surface area (Å²) in [7, 11) is -2.74. The number of hydrogen-bond acceptors (Lipinski definition) is 9. The van der Waals surface area contributed by atoms with Gasteiger partial charge < -0.3 is 4.74 Å². The minimum absolute atomic E-state index is 0.0518. The maximum absolute atomic E-state index is 13.3. The Kier molecular flexibility index (Phi) is 7.57. The number of sulfonamides is 1. The number of nitrogens with one attached hydrogen (secondary N) is 2. The second-order valence-corrected chi connectivity index (χ2v) is 10.9. The van der Waals surface area contributed by atoms with E-state index in [1.54, 1.807) is 16.8 Å². The Labute approximate surface area is 233 Å². The first-order valence-corrected chi connectivity index (χ1v) is 14.1. The van der Waals surface area contributed by atoms with Gasteiger partial charge in [-0.2, -0.15) is 10.2 Å². The molecular weight excluding hydrogens is 552 g/mol. The average Bonchev–Trinajstić information content (AvgIpc) is 3.64. The first kappa shape index (κ1) is 26.6. The van der Waals surface area contributed by atoms with Crippen LogP contribution in [0.2, 0.25) is 0 Å². The van der Waals surface area contributed by atoms with Gasteiger partial charge in [0.2, 0.25) is 0 Å². The third kappa shape index (κ3) is 5.85. The zero-order valence-corrected chi connectivity index (χ0v) is 22.6. The van der Waals surface area contributed by atoms with E-state index in [1.807, 2.05) is 54.0 Å². The summed E-state index contributed by atoms with van der Waals surface area (Å²) in [6, 6.07) is 23.2. The molecule has 2 aromatic heterocycles. The third-order valence-electron chi connectivity index (χ3n) is 5.71. The van der Waals surface area contributed by atoms with Crippen molar-refractivity contribution >= 4 is 44.6 Å². The number of nitrogens with zero attached hydrogens (tertiary/aromatic N) is 4. The summed E-state index contributed by atoms with van der Waals surface area (Å²) in [5, 5.41) is 22.3. The molecule has 0 spiro atoms. The highest BCUT2D eigenvalue weighted by molar-refractivity contribution is 7.92. The average molecular weight is 575 g/mol. The number of rotatable bonds is 10. The van der Waals surface area contributed by atoms with Crippen LogP contribution in [0.5, 0.6) is 5.75 Å². The zero-order valence-electron chi connectivity index (χ0n) is 21.0. The van der Waals surface area contributed by atoms with Crippen molar-refractivity contribution in [1.29, 1.82) is 0 Å². The predicted octanol–water partition coefficient (Wildman–Crippen LogP) is 5.76. The van der Waals surface area contributed by atoms with E-state index in [-0.39, 0.29) is 22.0 Å². The molecule has 0 aliphatic carbocycles. The monoisotopic (exact) mass is 574 g/mol. The van der Waals surface area contributed by atoms with Crippen molar-refractivity contribution in [2.75, 3.05) is 17.3 Å². The quantitative estimate of drug-likeness (QED) is 0.123. The Morgan fingerprint density at radius 2 is 1.82 bits per heavy atom. The van der Waals surface area contributed by atoms with E-state index in [4.69, 9.17) is 9.84 Å². The smallest absolute Gasteiger partial charge is 0.270 e. The summed E-state index contributed by atoms with van der Waals surface area (Å²) in [6.07, 6.45) is 3.34. The number of non-ortho nitro benzene ring substituents is 1. The number of hydrogen-bond donors (Lipinski definition) is 2. The maximum Gasteiger partial charge on any atom is 0.270 e. The van der Waals surface area contributed by atoms with Crippen LogP contribution in [0.15, 0.2) is 107 Å². The van der Waals surface area contributed by atoms with Crippen LogP contribution in [0.25, 0.3) is 16.3 Å². The molecule has 11 nitrogen and oxygen atoms in total. The third-order valence-corrected chi connectivity index (χ3v) is 8.01. The molecule has 13 heteroatoms. The van der Waals surface area contributed by atoms with Crippen molar-refractivity contribution in [2.45, 2.75) is 4.90 Å². The van der Waals surface area contributed by atoms with Gasteiger partial charge in [0.15, 0.2) is 0 Å². The number of nitro groups is 1. The minimum atomic E-state index is -4.24. The van der Waals surface area contributed by atoms with Gasteiger partial charge in [-0.05, 0) is 53.9 Å². The van der Waals surface area contributed by atoms with Crippen LogP contribution in [-0.2, 0) is 10.0 Å². The number of nitro benzene ring substituents is 1. The molecule has 5 rings (SSSR count). The van der Waals surface area contributed by atoms with Crippen molar-refractivity contribution in [1.82, 2.24) is 9.78 Å². The van der Waals surface area contributed by atoms with Crippen molar-refractivity contribution in [3.05, 3.63) is 112 Å². The SMILES string of the molecule is COc1ccc(NS(=O)(=O)c2cc([N+](=O)[O-])ccc2NN=Cc2cn(-c3ccccc3)nc2-c2cccs2)cc1. The number of anilines is 2. The second kappa shape index (κ2) is 11.4. The van der Waals surface area contributed by atoms with Gasteiger partial charge in [-0.3, -0.25) is 20.3 Å². The van der Waals surface area contributed by atoms with E-state index < -0.39 is 14.9 Å². The van der Waals surface area contributed by atoms with Gasteiger partial charge in [0, 0.05) is 29.6 Å². The van der Waals surface area contributed by atoms with Gasteiger partial charge >= 0.3 is 0 Å². The molecule has 2 N–H and O–H groups in total. The summed E-state index contributed by atoms with van der Waals surface area (Å²) in [4.78, 5) is 11.3. The van der Waals surface area contributed by atoms with Crippen molar-refractivity contribution in [3.63, 3.8) is 0 Å². The Morgan fingerprint density at radius 1 is 1.05 bits per heavy atom. The van der Waals surface area contributed by atoms with Crippen molar-refractivity contribution in [2.24, 2.45) is 5.10 Å². The molecule has 202 valence electrons. The number of aromatic nitrogens is 2. The summed E-state index contributed by atoms with van der Waals surface area (Å²) in [6.45, 7) is 0. The predicted molar refractivity (Wildman–Crippen MR) is 155 cm³/mol. The maximum atomic E-state index is 13.3. The van der Waals surface area contributed by atoms with E-state index in [0.29, 0.717) is 17.0 Å². The molecular formula is C27H22N6O5S2. The highest BCUT2D eigenvalue weighted by atomic mass is 32.2. The molecule has 0 atom stereocenters. The van der Waals surface area contributed by atoms with Gasteiger partial charge in [0.1, 0.15) is 16.3 Å². The van der Waals surface area contributed by atoms with Crippen LogP contribution < -0.4 is 14.9 Å². The Hall–Kier alpha value is -5.01. The number of thiophene rings is 1. The molecule has 0 saturated carbocycles. The molecule has 3 aromatic carbocycles. The number of ether oxygens (including phenoxy) is 1. The van der Waals surface area contributed by atoms with E-state index in [9.17, 15) is 18.5 Å². The molecule has 0 fully saturated rings. The van der Waals surface area contributed by atoms with Gasteiger partial charge in [0.25, 0.3) is 15.7 Å². The fourth-order valence-electron chi connectivity index (χ4n) is 3.78. The summed E-state index contributed by atoms with van der Waals surface area (Å²) in [5.41, 5.74) is 4.91. The fourth-order valence-corrected chi connectivity index (χ4v) is 5.75. The van der Waals surface area contributed by atoms with Crippen molar-refractivity contribution in [3.8, 4) is 22.0 Å². The highest BCUT2D eigenvalue weighted by Gasteiger charge is 2.23. The van der Waals surface area contributed by atoms with Crippen molar-refractivity contribution < 1.29 is 18.1 Å². The first-order chi connectivity index (χ1) is 19.3. The highest BCUT2D eigenvalue weighted by Crippen LogP contribution is 2.30. The number of para-hydroxylation sites is 1. The van der Waals surface area contributed by atoms with Gasteiger partial charge in [-0.15, -0.1) is 11.3 Å². The molecule has 0 saturated heterocycles. The fraction of sp³-hybridized carbons (Fsp3) is 0.0370. The van der Waals surface area contributed by atoms with Gasteiger partial charge in [-0.25, -0.2) is 13.1 Å². The minimum Gasteiger partial charge on any atom is -0.497 e. The molecule has 2 heterocycles. The molecule has 40 heavy (non-hydrogen) atoms. The number of methoxy groups -OCH3 is 1. The summed E-state index contributed by atoms with van der Waals surface area (Å²) in [5.74, 6) is 0.549. The number of benzene rings is 3. The van der Waals surface area contributed by atoms with Gasteiger partial charge in [-0.1, -0.05) is 24.3 Å². The largest absolute Gasteiger partial charge is 0.497 e. The Balaban J connectivity index is 1.47. The lowest BCUT2D eigenvalue weighted by Crippen LogP contribution is -2.15. The molecule has 0 unspecified atom stereocenters. The Morgan fingerprint density at radius 3 is 2.50 bits per heavy atom. The first-order valence-electron chi connectivity index (χ1n) is 11.8. The van der Waals surface area contributed by atoms with E-state index >= 15 is 0 Å². The van der Waals surface area contributed by atoms with E-state index in [1.165, 1.54) is 48.9 Å². The zero-order chi connectivity index (χ0) is 28.1. The lowest BCUT2D eigenvalue weighted by atomic mass is 10.2. The molecule has 0 radical (unpaired) electrons. The van der Waals surface area contributed by atoms with Crippen LogP contribution >= 0.6 is 11.3 Å². The van der Waals surface area contributed by atoms with Crippen LogP contribution in [0.1, 0.15) is 5.56 Å². The number of hydrazone groups is 1. The molecule has 0 aliphatic rings. The van der Waals surface area contributed by atoms with Crippen LogP contribution in [0.4, 0.5) is 17.1 Å². The second-order valence-electron chi connectivity index (χ2n) is 8.33. The standard InChI is InChI=1S/C27H22N6O5S2/c1-38-23-12-9-20(10-13-23)31-40(36,37)26-16-22(33(34)35)11-14-24(26)29-28-17-19-18-32(21-6-3-2-4-7-21)30-27(19)25-8-5-15-39-25/h2-18,29,31H,1H3. The van der Waals surface area contributed by atoms with Crippen LogP contribution in [0.3, 0.4) is 0 Å². The topological polar surface area (TPSA) is 141 Å². The van der Waals surface area contributed by atoms with Gasteiger partial charge in [0.05, 0.1) is 34.5 Å². The Bertz CT molecular complexity index is 1770. The summed E-state index contributed by atoms with van der Waals surface area (Å²) >= 11 is 1.52. The summed E-state index contributed by atoms with van der Waals surface area (Å²) < 4.78 is 35.8.